The zero-order valence-electron chi connectivity index (χ0n) is 33.0. The van der Waals surface area contributed by atoms with Gasteiger partial charge in [-0.1, -0.05) is 146 Å². The molecule has 0 aromatic heterocycles. The Morgan fingerprint density at radius 3 is 1.70 bits per heavy atom. The van der Waals surface area contributed by atoms with E-state index in [1.54, 1.807) is 0 Å². The molecule has 0 spiro atoms. The van der Waals surface area contributed by atoms with Crippen LogP contribution in [0.1, 0.15) is 46.3 Å². The van der Waals surface area contributed by atoms with Crippen molar-refractivity contribution in [2.24, 2.45) is 4.99 Å². The smallest absolute Gasteiger partial charge is 0.145 e. The van der Waals surface area contributed by atoms with Gasteiger partial charge in [0, 0.05) is 28.3 Å². The van der Waals surface area contributed by atoms with Crippen molar-refractivity contribution >= 4 is 39.8 Å². The highest BCUT2D eigenvalue weighted by Gasteiger charge is 2.33. The highest BCUT2D eigenvalue weighted by atomic mass is 15.3. The summed E-state index contributed by atoms with van der Waals surface area (Å²) in [5, 5.41) is 15.4. The normalized spacial score (nSPS) is 15.6. The first-order valence-corrected chi connectivity index (χ1v) is 20.5. The fraction of sp³-hybridized carbons (Fsp3) is 0.0556. The van der Waals surface area contributed by atoms with Crippen LogP contribution < -0.4 is 26.2 Å². The molecule has 0 amide bonds. The summed E-state index contributed by atoms with van der Waals surface area (Å²) in [6.45, 7) is 0. The van der Waals surface area contributed by atoms with Crippen LogP contribution in [-0.4, -0.2) is 5.71 Å². The van der Waals surface area contributed by atoms with Crippen LogP contribution in [0.15, 0.2) is 229 Å². The van der Waals surface area contributed by atoms with Gasteiger partial charge in [0.1, 0.15) is 18.5 Å². The number of benzene rings is 8. The summed E-state index contributed by atoms with van der Waals surface area (Å²) >= 11 is 0. The summed E-state index contributed by atoms with van der Waals surface area (Å²) in [5.74, 6) is 0. The van der Waals surface area contributed by atoms with Crippen LogP contribution in [0.25, 0.3) is 16.8 Å². The maximum atomic E-state index is 5.54. The molecule has 6 nitrogen and oxygen atoms in total. The predicted octanol–water partition coefficient (Wildman–Crippen LogP) is 13.0. The lowest BCUT2D eigenvalue weighted by atomic mass is 9.96. The second kappa shape index (κ2) is 16.6. The molecule has 0 radical (unpaired) electrons. The van der Waals surface area contributed by atoms with Gasteiger partial charge >= 0.3 is 0 Å². The average Bonchev–Trinajstić information content (AvgIpc) is 3.73. The minimum atomic E-state index is -0.401. The van der Waals surface area contributed by atoms with Crippen LogP contribution in [-0.2, 0) is 0 Å². The molecule has 0 saturated heterocycles. The molecule has 6 heteroatoms. The molecule has 8 aromatic rings. The summed E-state index contributed by atoms with van der Waals surface area (Å²) in [4.78, 5) is 7.94. The Hall–Kier alpha value is -7.83. The van der Waals surface area contributed by atoms with E-state index in [1.165, 1.54) is 5.56 Å². The molecule has 10 rings (SSSR count). The Bertz CT molecular complexity index is 2730. The maximum absolute atomic E-state index is 5.54. The Morgan fingerprint density at radius 1 is 0.467 bits per heavy atom. The van der Waals surface area contributed by atoms with E-state index in [2.05, 4.69) is 238 Å². The van der Waals surface area contributed by atoms with Gasteiger partial charge in [-0.15, -0.1) is 0 Å². The van der Waals surface area contributed by atoms with Gasteiger partial charge in [0.2, 0.25) is 0 Å². The van der Waals surface area contributed by atoms with Crippen molar-refractivity contribution in [2.75, 3.05) is 20.9 Å². The van der Waals surface area contributed by atoms with E-state index in [-0.39, 0.29) is 12.3 Å². The largest absolute Gasteiger partial charge is 0.362 e. The van der Waals surface area contributed by atoms with Crippen LogP contribution in [0.3, 0.4) is 0 Å². The zero-order valence-corrected chi connectivity index (χ0v) is 33.0. The van der Waals surface area contributed by atoms with E-state index in [4.69, 9.17) is 4.99 Å². The van der Waals surface area contributed by atoms with E-state index in [0.29, 0.717) is 0 Å². The van der Waals surface area contributed by atoms with Crippen molar-refractivity contribution in [3.05, 3.63) is 252 Å². The van der Waals surface area contributed by atoms with Gasteiger partial charge in [-0.05, 0) is 112 Å². The van der Waals surface area contributed by atoms with Crippen molar-refractivity contribution in [2.45, 2.75) is 18.5 Å². The number of para-hydroxylation sites is 5. The quantitative estimate of drug-likeness (QED) is 0.0986. The van der Waals surface area contributed by atoms with Crippen molar-refractivity contribution in [1.29, 1.82) is 0 Å². The molecule has 2 heterocycles. The summed E-state index contributed by atoms with van der Waals surface area (Å²) in [5.41, 5.74) is 15.0. The number of nitrogens with one attached hydrogen (secondary N) is 4. The molecule has 0 fully saturated rings. The van der Waals surface area contributed by atoms with Crippen molar-refractivity contribution < 1.29 is 0 Å². The van der Waals surface area contributed by atoms with E-state index in [0.717, 1.165) is 73.2 Å². The highest BCUT2D eigenvalue weighted by molar-refractivity contribution is 6.13. The third-order valence-corrected chi connectivity index (χ3v) is 11.1. The zero-order chi connectivity index (χ0) is 40.1. The third-order valence-electron chi connectivity index (χ3n) is 11.1. The molecule has 2 aliphatic heterocycles. The maximum Gasteiger partial charge on any atom is 0.145 e. The lowest BCUT2D eigenvalue weighted by Crippen LogP contribution is -2.28. The lowest BCUT2D eigenvalue weighted by Gasteiger charge is -2.31. The molecule has 4 N–H and O–H groups in total. The van der Waals surface area contributed by atoms with E-state index in [9.17, 15) is 0 Å². The SMILES string of the molecule is C1=C(c2ccccc2)NC(c2cc(C(Nc3ccccc3)Nc3ccccc3)cc(C3Nc4ccccc4N3c3ccccc3)c2)N=C1c1cccc(-c2ccccc2)c1. The minimum Gasteiger partial charge on any atom is -0.362 e. The molecule has 0 bridgehead atoms. The van der Waals surface area contributed by atoms with Gasteiger partial charge < -0.3 is 26.2 Å². The first-order chi connectivity index (χ1) is 29.7. The molecule has 60 heavy (non-hydrogen) atoms. The monoisotopic (exact) mass is 776 g/mol. The van der Waals surface area contributed by atoms with Gasteiger partial charge in [-0.2, -0.15) is 0 Å². The number of rotatable bonds is 11. The summed E-state index contributed by atoms with van der Waals surface area (Å²) in [6.07, 6.45) is 1.30. The summed E-state index contributed by atoms with van der Waals surface area (Å²) in [6, 6.07) is 76.7. The number of allylic oxidation sites excluding steroid dienone is 1. The average molecular weight is 777 g/mol. The van der Waals surface area contributed by atoms with E-state index < -0.39 is 6.17 Å². The third kappa shape index (κ3) is 7.74. The van der Waals surface area contributed by atoms with Crippen LogP contribution in [0.5, 0.6) is 0 Å². The standard InChI is InChI=1S/C54H44N6/c1-6-19-38(20-7-1)40-23-18-24-41(33-40)50-37-49(39-21-8-2-9-22-39)57-53(58-50)43-34-42(52(55-45-25-10-3-11-26-45)56-46-27-12-4-13-28-46)35-44(36-43)54-59-48-31-16-17-32-51(48)60(54)47-29-14-5-15-30-47/h1-37,52-57,59H. The number of fused-ring (bicyclic) bond motifs is 1. The van der Waals surface area contributed by atoms with Gasteiger partial charge in [-0.3, -0.25) is 4.99 Å². The Morgan fingerprint density at radius 2 is 1.02 bits per heavy atom. The Labute approximate surface area is 351 Å². The van der Waals surface area contributed by atoms with Gasteiger partial charge in [0.15, 0.2) is 0 Å². The van der Waals surface area contributed by atoms with E-state index in [1.807, 2.05) is 12.1 Å². The molecule has 2 atom stereocenters. The second-order valence-corrected chi connectivity index (χ2v) is 15.1. The summed E-state index contributed by atoms with van der Waals surface area (Å²) < 4.78 is 0. The van der Waals surface area contributed by atoms with Gasteiger partial charge in [0.25, 0.3) is 0 Å². The van der Waals surface area contributed by atoms with Gasteiger partial charge in [0.05, 0.1) is 17.1 Å². The molecule has 0 saturated carbocycles. The van der Waals surface area contributed by atoms with Crippen LogP contribution in [0, 0.1) is 0 Å². The highest BCUT2D eigenvalue weighted by Crippen LogP contribution is 2.46. The molecule has 2 unspecified atom stereocenters. The molecule has 8 aromatic carbocycles. The fourth-order valence-corrected chi connectivity index (χ4v) is 8.18. The Balaban J connectivity index is 1.14. The second-order valence-electron chi connectivity index (χ2n) is 15.1. The molecule has 0 aliphatic carbocycles. The molecular formula is C54H44N6. The van der Waals surface area contributed by atoms with E-state index >= 15 is 0 Å². The number of anilines is 5. The number of nitrogens with zero attached hydrogens (tertiary/aromatic N) is 2. The number of aliphatic imine (C=N–C) groups is 1. The summed E-state index contributed by atoms with van der Waals surface area (Å²) in [7, 11) is 0. The van der Waals surface area contributed by atoms with Crippen molar-refractivity contribution in [3.8, 4) is 11.1 Å². The van der Waals surface area contributed by atoms with Crippen LogP contribution >= 0.6 is 0 Å². The van der Waals surface area contributed by atoms with Crippen molar-refractivity contribution in [3.63, 3.8) is 0 Å². The molecular weight excluding hydrogens is 733 g/mol. The molecule has 2 aliphatic rings. The van der Waals surface area contributed by atoms with Crippen LogP contribution in [0.4, 0.5) is 28.4 Å². The van der Waals surface area contributed by atoms with Crippen molar-refractivity contribution in [1.82, 2.24) is 5.32 Å². The Kier molecular flexibility index (Phi) is 10.1. The first-order valence-electron chi connectivity index (χ1n) is 20.5. The minimum absolute atomic E-state index is 0.198. The topological polar surface area (TPSA) is 63.7 Å². The first kappa shape index (κ1) is 36.5. The van der Waals surface area contributed by atoms with Crippen LogP contribution in [0.2, 0.25) is 0 Å². The lowest BCUT2D eigenvalue weighted by molar-refractivity contribution is 0.659. The number of hydrogen-bond acceptors (Lipinski definition) is 6. The molecule has 290 valence electrons. The van der Waals surface area contributed by atoms with Gasteiger partial charge in [-0.25, -0.2) is 0 Å². The fourth-order valence-electron chi connectivity index (χ4n) is 8.18. The number of hydrogen-bond donors (Lipinski definition) is 4. The predicted molar refractivity (Wildman–Crippen MR) is 249 cm³/mol.